The Morgan fingerprint density at radius 1 is 1.24 bits per heavy atom. The fourth-order valence-electron chi connectivity index (χ4n) is 2.95. The number of aromatic nitrogens is 1. The first-order valence-corrected chi connectivity index (χ1v) is 8.47. The molecule has 3 nitrogen and oxygen atoms in total. The Morgan fingerprint density at radius 2 is 2.19 bits per heavy atom. The topological polar surface area (TPSA) is 33.2 Å². The lowest BCUT2D eigenvalue weighted by Crippen LogP contribution is -2.41. The van der Waals surface area contributed by atoms with E-state index in [4.69, 9.17) is 0 Å². The second-order valence-electron chi connectivity index (χ2n) is 5.50. The maximum Gasteiger partial charge on any atom is 0.272 e. The lowest BCUT2D eigenvalue weighted by Gasteiger charge is -2.29. The van der Waals surface area contributed by atoms with Crippen molar-refractivity contribution in [1.82, 2.24) is 9.88 Å². The molecule has 4 heteroatoms. The summed E-state index contributed by atoms with van der Waals surface area (Å²) in [6.45, 7) is 0.853. The average Bonchev–Trinajstić information content (AvgIpc) is 2.92. The van der Waals surface area contributed by atoms with E-state index < -0.39 is 0 Å². The fourth-order valence-corrected chi connectivity index (χ4v) is 3.73. The zero-order valence-corrected chi connectivity index (χ0v) is 12.9. The summed E-state index contributed by atoms with van der Waals surface area (Å²) < 4.78 is 0. The highest BCUT2D eigenvalue weighted by Gasteiger charge is 2.27. The van der Waals surface area contributed by atoms with Crippen molar-refractivity contribution in [1.29, 1.82) is 0 Å². The van der Waals surface area contributed by atoms with Crippen LogP contribution in [0.2, 0.25) is 0 Å². The minimum absolute atomic E-state index is 0.0825. The zero-order valence-electron chi connectivity index (χ0n) is 12.1. The van der Waals surface area contributed by atoms with E-state index in [-0.39, 0.29) is 5.91 Å². The van der Waals surface area contributed by atoms with E-state index in [1.54, 1.807) is 17.5 Å². The molecule has 21 heavy (non-hydrogen) atoms. The summed E-state index contributed by atoms with van der Waals surface area (Å²) in [6, 6.07) is 10.1. The smallest absolute Gasteiger partial charge is 0.272 e. The van der Waals surface area contributed by atoms with Crippen LogP contribution in [0, 0.1) is 0 Å². The summed E-state index contributed by atoms with van der Waals surface area (Å²) in [5.74, 6) is 0.0825. The average molecular weight is 300 g/mol. The van der Waals surface area contributed by atoms with Crippen molar-refractivity contribution in [3.63, 3.8) is 0 Å². The summed E-state index contributed by atoms with van der Waals surface area (Å²) in [4.78, 5) is 20.4. The monoisotopic (exact) mass is 300 g/mol. The van der Waals surface area contributed by atoms with Crippen LogP contribution in [0.15, 0.2) is 41.9 Å². The van der Waals surface area contributed by atoms with Gasteiger partial charge in [-0.2, -0.15) is 0 Å². The van der Waals surface area contributed by atoms with Crippen LogP contribution in [0.4, 0.5) is 0 Å². The highest BCUT2D eigenvalue weighted by Crippen LogP contribution is 2.23. The Bertz CT molecular complexity index is 568. The molecule has 0 bridgehead atoms. The zero-order chi connectivity index (χ0) is 14.5. The number of carbonyl (C=O) groups is 1. The molecule has 1 atom stereocenters. The SMILES string of the molecule is O=C(c1ccccn1)N1CCCCC[C@H]1Cc1cccs1. The van der Waals surface area contributed by atoms with Gasteiger partial charge in [0.05, 0.1) is 0 Å². The Balaban J connectivity index is 1.80. The molecule has 0 aliphatic carbocycles. The Labute approximate surface area is 129 Å². The lowest BCUT2D eigenvalue weighted by atomic mass is 10.1. The standard InChI is InChI=1S/C17H20N2OS/c20-17(16-9-3-4-10-18-16)19-11-5-1-2-7-14(19)13-15-8-6-12-21-15/h3-4,6,8-10,12,14H,1-2,5,7,11,13H2/t14-/m0/s1. The molecule has 0 aromatic carbocycles. The Kier molecular flexibility index (Phi) is 4.65. The van der Waals surface area contributed by atoms with Crippen LogP contribution >= 0.6 is 11.3 Å². The first-order valence-electron chi connectivity index (χ1n) is 7.59. The van der Waals surface area contributed by atoms with Gasteiger partial charge in [0.1, 0.15) is 5.69 Å². The summed E-state index contributed by atoms with van der Waals surface area (Å²) in [5, 5.41) is 2.11. The molecule has 3 rings (SSSR count). The number of nitrogens with zero attached hydrogens (tertiary/aromatic N) is 2. The third-order valence-electron chi connectivity index (χ3n) is 4.04. The number of rotatable bonds is 3. The van der Waals surface area contributed by atoms with Crippen molar-refractivity contribution in [3.05, 3.63) is 52.5 Å². The van der Waals surface area contributed by atoms with Gasteiger partial charge >= 0.3 is 0 Å². The molecule has 0 unspecified atom stereocenters. The lowest BCUT2D eigenvalue weighted by molar-refractivity contribution is 0.0677. The molecule has 1 aliphatic heterocycles. The van der Waals surface area contributed by atoms with Crippen LogP contribution in [0.25, 0.3) is 0 Å². The molecule has 0 N–H and O–H groups in total. The molecule has 1 fully saturated rings. The number of thiophene rings is 1. The van der Waals surface area contributed by atoms with Crippen molar-refractivity contribution in [3.8, 4) is 0 Å². The van der Waals surface area contributed by atoms with Crippen molar-refractivity contribution in [2.75, 3.05) is 6.54 Å². The van der Waals surface area contributed by atoms with Gasteiger partial charge in [-0.1, -0.05) is 25.0 Å². The molecule has 2 aromatic rings. The Morgan fingerprint density at radius 3 is 2.95 bits per heavy atom. The second-order valence-corrected chi connectivity index (χ2v) is 6.53. The van der Waals surface area contributed by atoms with Crippen LogP contribution in [0.1, 0.15) is 41.0 Å². The minimum Gasteiger partial charge on any atom is -0.334 e. The summed E-state index contributed by atoms with van der Waals surface area (Å²) >= 11 is 1.78. The van der Waals surface area contributed by atoms with Gasteiger partial charge < -0.3 is 4.90 Å². The third kappa shape index (κ3) is 3.50. The maximum atomic E-state index is 12.8. The second kappa shape index (κ2) is 6.85. The van der Waals surface area contributed by atoms with Gasteiger partial charge in [-0.25, -0.2) is 0 Å². The summed E-state index contributed by atoms with van der Waals surface area (Å²) in [5.41, 5.74) is 0.565. The fraction of sp³-hybridized carbons (Fsp3) is 0.412. The number of pyridine rings is 1. The van der Waals surface area contributed by atoms with E-state index in [9.17, 15) is 4.79 Å². The van der Waals surface area contributed by atoms with E-state index in [2.05, 4.69) is 27.4 Å². The van der Waals surface area contributed by atoms with Crippen molar-refractivity contribution >= 4 is 17.2 Å². The first-order chi connectivity index (χ1) is 10.3. The molecule has 0 spiro atoms. The number of amides is 1. The maximum absolute atomic E-state index is 12.8. The predicted octanol–water partition coefficient (Wildman–Crippen LogP) is 3.77. The van der Waals surface area contributed by atoms with Crippen molar-refractivity contribution < 1.29 is 4.79 Å². The van der Waals surface area contributed by atoms with Gasteiger partial charge in [0.25, 0.3) is 5.91 Å². The predicted molar refractivity (Wildman–Crippen MR) is 85.6 cm³/mol. The molecular weight excluding hydrogens is 280 g/mol. The molecule has 0 radical (unpaired) electrons. The highest BCUT2D eigenvalue weighted by atomic mass is 32.1. The first kappa shape index (κ1) is 14.3. The van der Waals surface area contributed by atoms with Crippen LogP contribution in [-0.4, -0.2) is 28.4 Å². The van der Waals surface area contributed by atoms with E-state index in [1.165, 1.54) is 17.7 Å². The Hall–Kier alpha value is -1.68. The van der Waals surface area contributed by atoms with E-state index in [1.807, 2.05) is 18.2 Å². The molecule has 3 heterocycles. The number of hydrogen-bond acceptors (Lipinski definition) is 3. The van der Waals surface area contributed by atoms with Gasteiger partial charge in [-0.15, -0.1) is 11.3 Å². The van der Waals surface area contributed by atoms with Crippen LogP contribution in [0.5, 0.6) is 0 Å². The molecular formula is C17H20N2OS. The van der Waals surface area contributed by atoms with Gasteiger partial charge in [0.2, 0.25) is 0 Å². The molecule has 110 valence electrons. The van der Waals surface area contributed by atoms with Gasteiger partial charge in [0.15, 0.2) is 0 Å². The van der Waals surface area contributed by atoms with Gasteiger partial charge in [-0.05, 0) is 36.4 Å². The number of carbonyl (C=O) groups excluding carboxylic acids is 1. The van der Waals surface area contributed by atoms with Crippen LogP contribution < -0.4 is 0 Å². The molecule has 1 saturated heterocycles. The largest absolute Gasteiger partial charge is 0.334 e. The van der Waals surface area contributed by atoms with Crippen molar-refractivity contribution in [2.45, 2.75) is 38.1 Å². The van der Waals surface area contributed by atoms with E-state index in [0.29, 0.717) is 11.7 Å². The quantitative estimate of drug-likeness (QED) is 0.864. The summed E-state index contributed by atoms with van der Waals surface area (Å²) in [7, 11) is 0. The molecule has 1 aliphatic rings. The highest BCUT2D eigenvalue weighted by molar-refractivity contribution is 7.09. The summed E-state index contributed by atoms with van der Waals surface area (Å²) in [6.07, 6.45) is 7.28. The molecule has 1 amide bonds. The number of hydrogen-bond donors (Lipinski definition) is 0. The minimum atomic E-state index is 0.0825. The van der Waals surface area contributed by atoms with E-state index in [0.717, 1.165) is 25.8 Å². The van der Waals surface area contributed by atoms with Gasteiger partial charge in [-0.3, -0.25) is 9.78 Å². The van der Waals surface area contributed by atoms with Crippen LogP contribution in [-0.2, 0) is 6.42 Å². The molecule has 0 saturated carbocycles. The van der Waals surface area contributed by atoms with Crippen LogP contribution in [0.3, 0.4) is 0 Å². The number of likely N-dealkylation sites (tertiary alicyclic amines) is 1. The molecule has 2 aromatic heterocycles. The van der Waals surface area contributed by atoms with Gasteiger partial charge in [0, 0.05) is 30.1 Å². The van der Waals surface area contributed by atoms with Crippen molar-refractivity contribution in [2.24, 2.45) is 0 Å². The van der Waals surface area contributed by atoms with E-state index >= 15 is 0 Å². The normalized spacial score (nSPS) is 19.2. The third-order valence-corrected chi connectivity index (χ3v) is 4.94.